The minimum absolute atomic E-state index is 0.0644. The van der Waals surface area contributed by atoms with E-state index >= 15 is 0 Å². The number of hydrogen-bond acceptors (Lipinski definition) is 5. The zero-order valence-corrected chi connectivity index (χ0v) is 15.0. The van der Waals surface area contributed by atoms with E-state index in [1.54, 1.807) is 23.5 Å². The molecule has 3 heterocycles. The highest BCUT2D eigenvalue weighted by atomic mass is 32.1. The van der Waals surface area contributed by atoms with Gasteiger partial charge in [0, 0.05) is 18.0 Å². The molecular formula is C18H16N4O4S. The van der Waals surface area contributed by atoms with Gasteiger partial charge in [0.2, 0.25) is 5.91 Å². The Morgan fingerprint density at radius 1 is 1.19 bits per heavy atom. The van der Waals surface area contributed by atoms with E-state index < -0.39 is 23.8 Å². The van der Waals surface area contributed by atoms with Crippen LogP contribution < -0.4 is 11.1 Å². The van der Waals surface area contributed by atoms with Gasteiger partial charge in [0.05, 0.1) is 17.8 Å². The van der Waals surface area contributed by atoms with E-state index in [0.29, 0.717) is 11.3 Å². The first-order chi connectivity index (χ1) is 13.0. The highest BCUT2D eigenvalue weighted by Gasteiger charge is 2.41. The number of anilines is 1. The summed E-state index contributed by atoms with van der Waals surface area (Å²) in [6.07, 6.45) is 0. The molecule has 1 saturated heterocycles. The Bertz CT molecular complexity index is 956. The van der Waals surface area contributed by atoms with Gasteiger partial charge in [-0.15, -0.1) is 11.3 Å². The molecule has 1 aromatic heterocycles. The largest absolute Gasteiger partial charge is 0.361 e. The number of thiophene rings is 1. The molecule has 4 amide bonds. The van der Waals surface area contributed by atoms with E-state index in [9.17, 15) is 19.2 Å². The zero-order valence-electron chi connectivity index (χ0n) is 14.2. The summed E-state index contributed by atoms with van der Waals surface area (Å²) in [5.74, 6) is -2.60. The molecule has 8 nitrogen and oxygen atoms in total. The van der Waals surface area contributed by atoms with Crippen molar-refractivity contribution in [2.45, 2.75) is 6.04 Å². The van der Waals surface area contributed by atoms with Crippen molar-refractivity contribution in [1.82, 2.24) is 9.80 Å². The second-order valence-corrected chi connectivity index (χ2v) is 7.30. The van der Waals surface area contributed by atoms with Gasteiger partial charge in [-0.25, -0.2) is 0 Å². The average molecular weight is 384 g/mol. The van der Waals surface area contributed by atoms with Crippen LogP contribution >= 0.6 is 11.3 Å². The van der Waals surface area contributed by atoms with E-state index in [0.717, 1.165) is 10.4 Å². The Kier molecular flexibility index (Phi) is 4.15. The Morgan fingerprint density at radius 3 is 2.70 bits per heavy atom. The normalized spacial score (nSPS) is 19.0. The van der Waals surface area contributed by atoms with Crippen LogP contribution in [0.5, 0.6) is 0 Å². The standard InChI is InChI=1S/C18H16N4O4S/c19-15(23)18(26)21-5-6-22-13(9-21)16(24)20-12-4-3-10(8-11(12)17(22)25)14-2-1-7-27-14/h1-4,7-8,13H,5-6,9H2,(H2,19,23)(H,20,24). The number of carbonyl (C=O) groups excluding carboxylic acids is 4. The van der Waals surface area contributed by atoms with Crippen molar-refractivity contribution < 1.29 is 19.2 Å². The number of carbonyl (C=O) groups is 4. The topological polar surface area (TPSA) is 113 Å². The molecule has 138 valence electrons. The number of nitrogens with zero attached hydrogens (tertiary/aromatic N) is 2. The van der Waals surface area contributed by atoms with E-state index in [1.807, 2.05) is 23.6 Å². The van der Waals surface area contributed by atoms with Crippen LogP contribution in [0.25, 0.3) is 10.4 Å². The predicted molar refractivity (Wildman–Crippen MR) is 99.0 cm³/mol. The second-order valence-electron chi connectivity index (χ2n) is 6.36. The number of benzene rings is 1. The molecule has 27 heavy (non-hydrogen) atoms. The third-order valence-corrected chi connectivity index (χ3v) is 5.67. The molecule has 1 fully saturated rings. The molecule has 9 heteroatoms. The Labute approximate surface area is 158 Å². The molecule has 2 aliphatic rings. The zero-order chi connectivity index (χ0) is 19.1. The van der Waals surface area contributed by atoms with Crippen LogP contribution in [0.3, 0.4) is 0 Å². The van der Waals surface area contributed by atoms with Gasteiger partial charge >= 0.3 is 11.8 Å². The number of hydrogen-bond donors (Lipinski definition) is 2. The first-order valence-corrected chi connectivity index (χ1v) is 9.22. The highest BCUT2D eigenvalue weighted by molar-refractivity contribution is 7.13. The molecular weight excluding hydrogens is 368 g/mol. The van der Waals surface area contributed by atoms with Gasteiger partial charge < -0.3 is 20.9 Å². The summed E-state index contributed by atoms with van der Waals surface area (Å²) in [6.45, 7) is 0.237. The van der Waals surface area contributed by atoms with E-state index in [1.165, 1.54) is 9.80 Å². The van der Waals surface area contributed by atoms with Gasteiger partial charge in [-0.05, 0) is 29.1 Å². The molecule has 1 aromatic carbocycles. The molecule has 2 aliphatic heterocycles. The molecule has 4 rings (SSSR count). The SMILES string of the molecule is NC(=O)C(=O)N1CCN2C(=O)c3cc(-c4cccs4)ccc3NC(=O)C2C1. The Balaban J connectivity index is 1.67. The van der Waals surface area contributed by atoms with E-state index in [2.05, 4.69) is 5.32 Å². The number of nitrogens with one attached hydrogen (secondary N) is 1. The van der Waals surface area contributed by atoms with Gasteiger partial charge in [-0.3, -0.25) is 19.2 Å². The Hall–Kier alpha value is -3.20. The van der Waals surface area contributed by atoms with Crippen molar-refractivity contribution in [3.63, 3.8) is 0 Å². The van der Waals surface area contributed by atoms with Crippen LogP contribution in [0.4, 0.5) is 5.69 Å². The maximum absolute atomic E-state index is 13.1. The van der Waals surface area contributed by atoms with Crippen LogP contribution in [0, 0.1) is 0 Å². The summed E-state index contributed by atoms with van der Waals surface area (Å²) in [6, 6.07) is 8.36. The first-order valence-electron chi connectivity index (χ1n) is 8.34. The van der Waals surface area contributed by atoms with Crippen LogP contribution in [0.15, 0.2) is 35.7 Å². The average Bonchev–Trinajstić information content (AvgIpc) is 3.18. The first kappa shape index (κ1) is 17.2. The summed E-state index contributed by atoms with van der Waals surface area (Å²) in [5, 5.41) is 4.72. The number of piperazine rings is 1. The minimum atomic E-state index is -1.08. The van der Waals surface area contributed by atoms with Crippen LogP contribution in [-0.2, 0) is 14.4 Å². The number of nitrogens with two attached hydrogens (primary N) is 1. The number of rotatable bonds is 1. The van der Waals surface area contributed by atoms with Crippen molar-refractivity contribution in [1.29, 1.82) is 0 Å². The monoisotopic (exact) mass is 384 g/mol. The summed E-state index contributed by atoms with van der Waals surface area (Å²) >= 11 is 1.56. The quantitative estimate of drug-likeness (QED) is 0.697. The fourth-order valence-electron chi connectivity index (χ4n) is 3.39. The number of primary amides is 1. The van der Waals surface area contributed by atoms with Gasteiger partial charge in [0.15, 0.2) is 0 Å². The van der Waals surface area contributed by atoms with Crippen LogP contribution in [0.2, 0.25) is 0 Å². The fraction of sp³-hybridized carbons (Fsp3) is 0.222. The molecule has 3 N–H and O–H groups in total. The van der Waals surface area contributed by atoms with Crippen molar-refractivity contribution >= 4 is 40.7 Å². The van der Waals surface area contributed by atoms with E-state index in [-0.39, 0.29) is 25.5 Å². The second kappa shape index (κ2) is 6.51. The number of fused-ring (bicyclic) bond motifs is 2. The van der Waals surface area contributed by atoms with Gasteiger partial charge in [-0.1, -0.05) is 12.1 Å². The van der Waals surface area contributed by atoms with Crippen molar-refractivity contribution in [3.8, 4) is 10.4 Å². The molecule has 0 spiro atoms. The lowest BCUT2D eigenvalue weighted by Crippen LogP contribution is -2.60. The Morgan fingerprint density at radius 2 is 2.00 bits per heavy atom. The molecule has 1 atom stereocenters. The third-order valence-electron chi connectivity index (χ3n) is 4.76. The molecule has 0 radical (unpaired) electrons. The lowest BCUT2D eigenvalue weighted by molar-refractivity contribution is -0.146. The maximum Gasteiger partial charge on any atom is 0.311 e. The molecule has 0 saturated carbocycles. The number of amides is 4. The smallest absolute Gasteiger partial charge is 0.311 e. The van der Waals surface area contributed by atoms with Crippen molar-refractivity contribution in [2.75, 3.05) is 25.0 Å². The summed E-state index contributed by atoms with van der Waals surface area (Å²) in [5.41, 5.74) is 6.79. The van der Waals surface area contributed by atoms with Gasteiger partial charge in [0.1, 0.15) is 6.04 Å². The molecule has 0 aliphatic carbocycles. The molecule has 0 bridgehead atoms. The van der Waals surface area contributed by atoms with E-state index in [4.69, 9.17) is 5.73 Å². The molecule has 1 unspecified atom stereocenters. The lowest BCUT2D eigenvalue weighted by Gasteiger charge is -2.38. The van der Waals surface area contributed by atoms with Gasteiger partial charge in [0.25, 0.3) is 5.91 Å². The van der Waals surface area contributed by atoms with Crippen molar-refractivity contribution in [2.24, 2.45) is 5.73 Å². The highest BCUT2D eigenvalue weighted by Crippen LogP contribution is 2.31. The minimum Gasteiger partial charge on any atom is -0.361 e. The summed E-state index contributed by atoms with van der Waals surface area (Å²) < 4.78 is 0. The maximum atomic E-state index is 13.1. The van der Waals surface area contributed by atoms with Crippen LogP contribution in [-0.4, -0.2) is 59.1 Å². The predicted octanol–water partition coefficient (Wildman–Crippen LogP) is 0.505. The summed E-state index contributed by atoms with van der Waals surface area (Å²) in [7, 11) is 0. The summed E-state index contributed by atoms with van der Waals surface area (Å²) in [4.78, 5) is 52.4. The van der Waals surface area contributed by atoms with Crippen LogP contribution in [0.1, 0.15) is 10.4 Å². The third kappa shape index (κ3) is 2.95. The lowest BCUT2D eigenvalue weighted by atomic mass is 10.1. The van der Waals surface area contributed by atoms with Crippen molar-refractivity contribution in [3.05, 3.63) is 41.3 Å². The fourth-order valence-corrected chi connectivity index (χ4v) is 4.11. The van der Waals surface area contributed by atoms with Gasteiger partial charge in [-0.2, -0.15) is 0 Å². The molecule has 2 aromatic rings.